The molecule has 1 aromatic heterocycles. The number of aliphatic hydroxyl groups excluding tert-OH is 1. The summed E-state index contributed by atoms with van der Waals surface area (Å²) in [5.41, 5.74) is -2.45. The van der Waals surface area contributed by atoms with Crippen molar-refractivity contribution >= 4 is 11.6 Å². The lowest BCUT2D eigenvalue weighted by Gasteiger charge is -2.32. The highest BCUT2D eigenvalue weighted by Crippen LogP contribution is 2.55. The Balaban J connectivity index is 1.94. The third-order valence-electron chi connectivity index (χ3n) is 6.56. The van der Waals surface area contributed by atoms with Crippen LogP contribution >= 0.6 is 0 Å². The van der Waals surface area contributed by atoms with E-state index in [1.54, 1.807) is 0 Å². The number of aromatic nitrogens is 1. The van der Waals surface area contributed by atoms with Gasteiger partial charge in [0.1, 0.15) is 6.10 Å². The predicted octanol–water partition coefficient (Wildman–Crippen LogP) is 4.52. The van der Waals surface area contributed by atoms with Crippen molar-refractivity contribution in [3.63, 3.8) is 0 Å². The fourth-order valence-corrected chi connectivity index (χ4v) is 4.31. The average molecular weight is 518 g/mol. The molecule has 0 saturated carbocycles. The number of ether oxygens (including phenoxy) is 3. The second-order valence-electron chi connectivity index (χ2n) is 8.70. The van der Waals surface area contributed by atoms with Crippen LogP contribution in [0.2, 0.25) is 0 Å². The summed E-state index contributed by atoms with van der Waals surface area (Å²) in [4.78, 5) is 17.2. The highest BCUT2D eigenvalue weighted by molar-refractivity contribution is 5.95. The summed E-state index contributed by atoms with van der Waals surface area (Å²) < 4.78 is 85.5. The Hall–Kier alpha value is -2.83. The summed E-state index contributed by atoms with van der Waals surface area (Å²) in [5, 5.41) is 12.5. The predicted molar refractivity (Wildman–Crippen MR) is 118 cm³/mol. The SMILES string of the molecule is COCC[C@@H](O)c1ccc(NC(=O)[C@@H]2O[C@@](C)(C(F)(F)F)[C@@H](C)[C@H]2c2ccc(F)c(F)c2OC)cn1. The van der Waals surface area contributed by atoms with E-state index in [2.05, 4.69) is 10.3 Å². The maximum Gasteiger partial charge on any atom is 0.417 e. The third kappa shape index (κ3) is 5.16. The summed E-state index contributed by atoms with van der Waals surface area (Å²) in [6.07, 6.45) is -5.98. The minimum absolute atomic E-state index is 0.133. The normalized spacial score (nSPS) is 25.0. The number of pyridine rings is 1. The highest BCUT2D eigenvalue weighted by Gasteiger charge is 2.65. The van der Waals surface area contributed by atoms with Crippen LogP contribution in [-0.2, 0) is 14.3 Å². The van der Waals surface area contributed by atoms with Crippen molar-refractivity contribution in [1.29, 1.82) is 0 Å². The number of hydrogen-bond donors (Lipinski definition) is 2. The zero-order valence-corrected chi connectivity index (χ0v) is 20.0. The number of nitrogens with zero attached hydrogens (tertiary/aromatic N) is 1. The number of alkyl halides is 3. The summed E-state index contributed by atoms with van der Waals surface area (Å²) in [7, 11) is 2.53. The standard InChI is InChI=1S/C24H27F5N2O5/c1-12-18(14-6-7-15(25)19(26)20(14)35-4)21(36-23(12,2)24(27,28)29)22(33)31-13-5-8-16(30-11-13)17(32)9-10-34-3/h5-8,11-12,17-18,21,32H,9-10H2,1-4H3,(H,31,33)/t12-,17+,18-,21+,23+/m0/s1. The molecule has 0 radical (unpaired) electrons. The van der Waals surface area contributed by atoms with Gasteiger partial charge in [0.2, 0.25) is 5.82 Å². The molecule has 1 amide bonds. The van der Waals surface area contributed by atoms with Crippen LogP contribution < -0.4 is 10.1 Å². The number of nitrogens with one attached hydrogen (secondary N) is 1. The van der Waals surface area contributed by atoms with Gasteiger partial charge in [0.25, 0.3) is 5.91 Å². The number of benzene rings is 1. The number of aliphatic hydroxyl groups is 1. The van der Waals surface area contributed by atoms with E-state index in [-0.39, 0.29) is 17.7 Å². The number of halogens is 5. The first kappa shape index (κ1) is 27.8. The summed E-state index contributed by atoms with van der Waals surface area (Å²) >= 11 is 0. The van der Waals surface area contributed by atoms with Crippen LogP contribution in [0.25, 0.3) is 0 Å². The molecule has 0 unspecified atom stereocenters. The molecule has 0 aliphatic carbocycles. The lowest BCUT2D eigenvalue weighted by molar-refractivity contribution is -0.272. The maximum atomic E-state index is 14.4. The molecule has 36 heavy (non-hydrogen) atoms. The number of anilines is 1. The fourth-order valence-electron chi connectivity index (χ4n) is 4.31. The van der Waals surface area contributed by atoms with E-state index in [4.69, 9.17) is 14.2 Å². The van der Waals surface area contributed by atoms with Gasteiger partial charge in [-0.2, -0.15) is 17.6 Å². The summed E-state index contributed by atoms with van der Waals surface area (Å²) in [6, 6.07) is 4.71. The van der Waals surface area contributed by atoms with Crippen LogP contribution in [0.5, 0.6) is 5.75 Å². The van der Waals surface area contributed by atoms with Crippen molar-refractivity contribution in [2.75, 3.05) is 26.1 Å². The zero-order chi connectivity index (χ0) is 26.8. The Morgan fingerprint density at radius 2 is 1.94 bits per heavy atom. The second kappa shape index (κ2) is 10.7. The molecule has 1 saturated heterocycles. The van der Waals surface area contributed by atoms with Crippen LogP contribution in [0.4, 0.5) is 27.6 Å². The van der Waals surface area contributed by atoms with Crippen molar-refractivity contribution in [2.24, 2.45) is 5.92 Å². The minimum Gasteiger partial charge on any atom is -0.493 e. The number of hydrogen-bond acceptors (Lipinski definition) is 6. The van der Waals surface area contributed by atoms with Crippen LogP contribution in [-0.4, -0.2) is 54.7 Å². The smallest absolute Gasteiger partial charge is 0.417 e. The molecule has 2 heterocycles. The topological polar surface area (TPSA) is 89.9 Å². The van der Waals surface area contributed by atoms with E-state index >= 15 is 0 Å². The molecule has 3 rings (SSSR count). The van der Waals surface area contributed by atoms with Crippen molar-refractivity contribution in [3.05, 3.63) is 53.4 Å². The molecular weight excluding hydrogens is 491 g/mol. The molecule has 0 bridgehead atoms. The van der Waals surface area contributed by atoms with Gasteiger partial charge in [-0.1, -0.05) is 13.0 Å². The number of methoxy groups -OCH3 is 2. The van der Waals surface area contributed by atoms with Gasteiger partial charge >= 0.3 is 6.18 Å². The second-order valence-corrected chi connectivity index (χ2v) is 8.70. The van der Waals surface area contributed by atoms with Gasteiger partial charge in [-0.05, 0) is 25.1 Å². The molecule has 5 atom stereocenters. The van der Waals surface area contributed by atoms with Gasteiger partial charge < -0.3 is 24.6 Å². The van der Waals surface area contributed by atoms with Gasteiger partial charge in [0.15, 0.2) is 17.2 Å². The van der Waals surface area contributed by atoms with Gasteiger partial charge in [-0.25, -0.2) is 4.39 Å². The first-order valence-corrected chi connectivity index (χ1v) is 11.1. The van der Waals surface area contributed by atoms with Gasteiger partial charge in [0, 0.05) is 37.5 Å². The molecule has 12 heteroatoms. The minimum atomic E-state index is -4.87. The van der Waals surface area contributed by atoms with Crippen LogP contribution in [0.1, 0.15) is 43.5 Å². The molecule has 0 spiro atoms. The molecule has 1 aromatic carbocycles. The van der Waals surface area contributed by atoms with Crippen molar-refractivity contribution in [1.82, 2.24) is 4.98 Å². The van der Waals surface area contributed by atoms with E-state index in [0.29, 0.717) is 12.3 Å². The monoisotopic (exact) mass is 518 g/mol. The number of carbonyl (C=O) groups is 1. The fraction of sp³-hybridized carbons (Fsp3) is 0.500. The lowest BCUT2D eigenvalue weighted by Crippen LogP contribution is -2.47. The number of rotatable bonds is 8. The van der Waals surface area contributed by atoms with E-state index < -0.39 is 59.1 Å². The largest absolute Gasteiger partial charge is 0.493 e. The molecular formula is C24H27F5N2O5. The van der Waals surface area contributed by atoms with E-state index in [0.717, 1.165) is 26.2 Å². The summed E-state index contributed by atoms with van der Waals surface area (Å²) in [5.74, 6) is -6.88. The van der Waals surface area contributed by atoms with E-state index in [9.17, 15) is 31.9 Å². The Bertz CT molecular complexity index is 1080. The number of carbonyl (C=O) groups excluding carboxylic acids is 1. The first-order chi connectivity index (χ1) is 16.9. The van der Waals surface area contributed by atoms with Crippen LogP contribution in [0.15, 0.2) is 30.5 Å². The molecule has 7 nitrogen and oxygen atoms in total. The van der Waals surface area contributed by atoms with Crippen LogP contribution in [0.3, 0.4) is 0 Å². The zero-order valence-electron chi connectivity index (χ0n) is 20.0. The Kier molecular flexibility index (Phi) is 8.21. The molecule has 1 aliphatic heterocycles. The molecule has 198 valence electrons. The third-order valence-corrected chi connectivity index (χ3v) is 6.56. The van der Waals surface area contributed by atoms with Gasteiger partial charge in [0.05, 0.1) is 30.8 Å². The Labute approximate surface area is 204 Å². The molecule has 1 aliphatic rings. The Morgan fingerprint density at radius 1 is 1.25 bits per heavy atom. The van der Waals surface area contributed by atoms with E-state index in [1.807, 2.05) is 0 Å². The Morgan fingerprint density at radius 3 is 2.50 bits per heavy atom. The highest BCUT2D eigenvalue weighted by atomic mass is 19.4. The molecule has 1 fully saturated rings. The van der Waals surface area contributed by atoms with Crippen molar-refractivity contribution in [3.8, 4) is 5.75 Å². The summed E-state index contributed by atoms with van der Waals surface area (Å²) in [6.45, 7) is 2.33. The first-order valence-electron chi connectivity index (χ1n) is 11.1. The molecule has 2 N–H and O–H groups in total. The van der Waals surface area contributed by atoms with Crippen molar-refractivity contribution in [2.45, 2.75) is 50.2 Å². The average Bonchev–Trinajstić information content (AvgIpc) is 3.11. The lowest BCUT2D eigenvalue weighted by atomic mass is 9.77. The molecule has 2 aromatic rings. The van der Waals surface area contributed by atoms with E-state index in [1.165, 1.54) is 32.4 Å². The van der Waals surface area contributed by atoms with Gasteiger partial charge in [-0.3, -0.25) is 9.78 Å². The van der Waals surface area contributed by atoms with Crippen molar-refractivity contribution < 1.29 is 46.1 Å². The maximum absolute atomic E-state index is 14.4. The van der Waals surface area contributed by atoms with Gasteiger partial charge in [-0.15, -0.1) is 0 Å². The van der Waals surface area contributed by atoms with Crippen LogP contribution in [0, 0.1) is 17.6 Å². The quantitative estimate of drug-likeness (QED) is 0.500. The number of amides is 1.